The van der Waals surface area contributed by atoms with E-state index in [0.29, 0.717) is 6.42 Å². The maximum atomic E-state index is 12.0. The van der Waals surface area contributed by atoms with E-state index in [9.17, 15) is 15.2 Å². The Morgan fingerprint density at radius 3 is 2.14 bits per heavy atom. The van der Waals surface area contributed by atoms with Gasteiger partial charge in [-0.2, -0.15) is 5.26 Å². The molecular weight excluding hydrogens is 274 g/mol. The molecule has 0 heterocycles. The fourth-order valence-electron chi connectivity index (χ4n) is 2.98. The van der Waals surface area contributed by atoms with Crippen LogP contribution in [-0.2, 0) is 11.2 Å². The Balaban J connectivity index is 2.49. The number of nitrogens with zero attached hydrogens (tertiary/aromatic N) is 1. The predicted octanol–water partition coefficient (Wildman–Crippen LogP) is 4.02. The normalized spacial score (nSPS) is 14.5. The minimum absolute atomic E-state index is 0.201. The fraction of sp³-hybridized carbons (Fsp3) is 0.263. The lowest BCUT2D eigenvalue weighted by atomic mass is 9.68. The van der Waals surface area contributed by atoms with Crippen LogP contribution in [0.4, 0.5) is 0 Å². The van der Waals surface area contributed by atoms with Gasteiger partial charge in [-0.05, 0) is 17.5 Å². The van der Waals surface area contributed by atoms with Crippen molar-refractivity contribution in [1.29, 1.82) is 5.26 Å². The quantitative estimate of drug-likeness (QED) is 0.875. The molecule has 3 heteroatoms. The first kappa shape index (κ1) is 15.8. The van der Waals surface area contributed by atoms with Crippen LogP contribution in [-0.4, -0.2) is 11.1 Å². The predicted molar refractivity (Wildman–Crippen MR) is 85.3 cm³/mol. The topological polar surface area (TPSA) is 61.1 Å². The Morgan fingerprint density at radius 2 is 1.68 bits per heavy atom. The maximum absolute atomic E-state index is 12.0. The highest BCUT2D eigenvalue weighted by atomic mass is 16.4. The van der Waals surface area contributed by atoms with Gasteiger partial charge in [0, 0.05) is 12.3 Å². The zero-order valence-electron chi connectivity index (χ0n) is 12.6. The maximum Gasteiger partial charge on any atom is 0.325 e. The molecular formula is C19H19NO2. The highest BCUT2D eigenvalue weighted by Crippen LogP contribution is 2.41. The summed E-state index contributed by atoms with van der Waals surface area (Å²) in [6.45, 7) is 1.93. The molecule has 0 aliphatic carbocycles. The van der Waals surface area contributed by atoms with Gasteiger partial charge in [0.15, 0.2) is 5.41 Å². The average molecular weight is 293 g/mol. The van der Waals surface area contributed by atoms with Gasteiger partial charge in [-0.15, -0.1) is 0 Å². The van der Waals surface area contributed by atoms with E-state index in [1.165, 1.54) is 0 Å². The molecule has 0 aliphatic heterocycles. The minimum atomic E-state index is -1.46. The molecule has 0 saturated heterocycles. The van der Waals surface area contributed by atoms with Crippen LogP contribution in [0.5, 0.6) is 0 Å². The lowest BCUT2D eigenvalue weighted by molar-refractivity contribution is -0.146. The number of hydrogen-bond acceptors (Lipinski definition) is 2. The summed E-state index contributed by atoms with van der Waals surface area (Å²) in [7, 11) is 0. The van der Waals surface area contributed by atoms with Gasteiger partial charge in [0.1, 0.15) is 0 Å². The molecule has 0 amide bonds. The summed E-state index contributed by atoms with van der Waals surface area (Å²) in [6.07, 6.45) is 0.795. The smallest absolute Gasteiger partial charge is 0.325 e. The van der Waals surface area contributed by atoms with E-state index in [-0.39, 0.29) is 12.3 Å². The number of carbonyl (C=O) groups is 1. The van der Waals surface area contributed by atoms with Crippen molar-refractivity contribution < 1.29 is 9.90 Å². The Labute approximate surface area is 130 Å². The molecule has 0 fully saturated rings. The molecule has 0 radical (unpaired) electrons. The molecule has 2 aromatic rings. The number of hydrogen-bond donors (Lipinski definition) is 1. The molecule has 0 aromatic heterocycles. The summed E-state index contributed by atoms with van der Waals surface area (Å²) >= 11 is 0. The minimum Gasteiger partial charge on any atom is -0.480 e. The molecule has 22 heavy (non-hydrogen) atoms. The van der Waals surface area contributed by atoms with Gasteiger partial charge in [-0.25, -0.2) is 0 Å². The fourth-order valence-corrected chi connectivity index (χ4v) is 2.98. The van der Waals surface area contributed by atoms with E-state index in [0.717, 1.165) is 11.1 Å². The van der Waals surface area contributed by atoms with E-state index in [4.69, 9.17) is 0 Å². The van der Waals surface area contributed by atoms with Crippen LogP contribution < -0.4 is 0 Å². The second-order valence-corrected chi connectivity index (χ2v) is 5.42. The largest absolute Gasteiger partial charge is 0.480 e. The third-order valence-electron chi connectivity index (χ3n) is 4.11. The summed E-state index contributed by atoms with van der Waals surface area (Å²) in [5.74, 6) is -1.41. The van der Waals surface area contributed by atoms with Crippen molar-refractivity contribution in [2.24, 2.45) is 5.41 Å². The Kier molecular flexibility index (Phi) is 4.95. The first-order chi connectivity index (χ1) is 10.6. The van der Waals surface area contributed by atoms with Gasteiger partial charge < -0.3 is 5.11 Å². The third kappa shape index (κ3) is 3.01. The summed E-state index contributed by atoms with van der Waals surface area (Å²) in [5.41, 5.74) is 0.294. The molecule has 0 aliphatic rings. The number of rotatable bonds is 6. The van der Waals surface area contributed by atoms with Gasteiger partial charge in [-0.3, -0.25) is 4.79 Å². The van der Waals surface area contributed by atoms with E-state index >= 15 is 0 Å². The molecule has 0 spiro atoms. The molecule has 3 nitrogen and oxygen atoms in total. The highest BCUT2D eigenvalue weighted by molar-refractivity contribution is 5.80. The summed E-state index contributed by atoms with van der Waals surface area (Å²) in [5, 5.41) is 19.6. The number of carboxylic acid groups (broad SMARTS) is 1. The van der Waals surface area contributed by atoms with Crippen molar-refractivity contribution in [3.63, 3.8) is 0 Å². The van der Waals surface area contributed by atoms with Crippen molar-refractivity contribution in [3.8, 4) is 6.07 Å². The monoisotopic (exact) mass is 293 g/mol. The first-order valence-corrected chi connectivity index (χ1v) is 7.37. The van der Waals surface area contributed by atoms with Gasteiger partial charge in [-0.1, -0.05) is 67.6 Å². The Hall–Kier alpha value is -2.60. The zero-order chi connectivity index (χ0) is 16.0. The van der Waals surface area contributed by atoms with Crippen LogP contribution in [0.1, 0.15) is 30.4 Å². The second kappa shape index (κ2) is 6.91. The molecule has 2 atom stereocenters. The average Bonchev–Trinajstić information content (AvgIpc) is 2.56. The SMILES string of the molecule is CCC(c1ccccc1)C(C#N)(Cc1ccccc1)C(=O)O. The summed E-state index contributed by atoms with van der Waals surface area (Å²) in [4.78, 5) is 12.0. The Bertz CT molecular complexity index is 661. The number of aliphatic carboxylic acids is 1. The van der Waals surface area contributed by atoms with Gasteiger partial charge >= 0.3 is 5.97 Å². The summed E-state index contributed by atoms with van der Waals surface area (Å²) < 4.78 is 0. The van der Waals surface area contributed by atoms with Crippen LogP contribution in [0.25, 0.3) is 0 Å². The molecule has 2 rings (SSSR count). The number of carboxylic acids is 1. The molecule has 1 N–H and O–H groups in total. The van der Waals surface area contributed by atoms with Crippen LogP contribution in [0.2, 0.25) is 0 Å². The molecule has 0 bridgehead atoms. The number of nitriles is 1. The van der Waals surface area contributed by atoms with E-state index in [2.05, 4.69) is 6.07 Å². The van der Waals surface area contributed by atoms with Crippen molar-refractivity contribution in [2.45, 2.75) is 25.7 Å². The molecule has 2 unspecified atom stereocenters. The Morgan fingerprint density at radius 1 is 1.14 bits per heavy atom. The highest BCUT2D eigenvalue weighted by Gasteiger charge is 2.46. The van der Waals surface area contributed by atoms with Crippen molar-refractivity contribution in [1.82, 2.24) is 0 Å². The summed E-state index contributed by atoms with van der Waals surface area (Å²) in [6, 6.07) is 20.9. The van der Waals surface area contributed by atoms with Crippen molar-refractivity contribution >= 4 is 5.97 Å². The van der Waals surface area contributed by atoms with Crippen molar-refractivity contribution in [3.05, 3.63) is 71.8 Å². The van der Waals surface area contributed by atoms with Crippen LogP contribution in [0.15, 0.2) is 60.7 Å². The van der Waals surface area contributed by atoms with Gasteiger partial charge in [0.05, 0.1) is 6.07 Å². The van der Waals surface area contributed by atoms with Crippen LogP contribution >= 0.6 is 0 Å². The van der Waals surface area contributed by atoms with Crippen molar-refractivity contribution in [2.75, 3.05) is 0 Å². The molecule has 112 valence electrons. The first-order valence-electron chi connectivity index (χ1n) is 7.37. The van der Waals surface area contributed by atoms with Gasteiger partial charge in [0.2, 0.25) is 0 Å². The van der Waals surface area contributed by atoms with Gasteiger partial charge in [0.25, 0.3) is 0 Å². The van der Waals surface area contributed by atoms with E-state index in [1.807, 2.05) is 67.6 Å². The zero-order valence-corrected chi connectivity index (χ0v) is 12.6. The molecule has 0 saturated carbocycles. The van der Waals surface area contributed by atoms with Crippen LogP contribution in [0.3, 0.4) is 0 Å². The number of benzene rings is 2. The van der Waals surface area contributed by atoms with E-state index in [1.54, 1.807) is 0 Å². The standard InChI is InChI=1S/C19H19NO2/c1-2-17(16-11-7-4-8-12-16)19(14-20,18(21)22)13-15-9-5-3-6-10-15/h3-12,17H,2,13H2,1H3,(H,21,22). The lowest BCUT2D eigenvalue weighted by Gasteiger charge is -2.31. The van der Waals surface area contributed by atoms with E-state index < -0.39 is 11.4 Å². The lowest BCUT2D eigenvalue weighted by Crippen LogP contribution is -2.38. The molecule has 2 aromatic carbocycles. The van der Waals surface area contributed by atoms with Crippen LogP contribution in [0, 0.1) is 16.7 Å². The second-order valence-electron chi connectivity index (χ2n) is 5.42. The third-order valence-corrected chi connectivity index (χ3v) is 4.11.